The molecule has 158 valence electrons. The Hall–Kier alpha value is -1.92. The Bertz CT molecular complexity index is 919. The summed E-state index contributed by atoms with van der Waals surface area (Å²) in [7, 11) is 0. The quantitative estimate of drug-likeness (QED) is 0.694. The molecule has 1 aromatic carbocycles. The molecule has 0 radical (unpaired) electrons. The predicted molar refractivity (Wildman–Crippen MR) is 106 cm³/mol. The monoisotopic (exact) mass is 407 g/mol. The Morgan fingerprint density at radius 1 is 1.21 bits per heavy atom. The Labute approximate surface area is 169 Å². The van der Waals surface area contributed by atoms with E-state index in [0.29, 0.717) is 35.2 Å². The summed E-state index contributed by atoms with van der Waals surface area (Å²) in [6.07, 6.45) is -5.17. The molecule has 0 saturated carbocycles. The number of pyridine rings is 1. The van der Waals surface area contributed by atoms with E-state index in [1.807, 2.05) is 20.8 Å². The van der Waals surface area contributed by atoms with Crippen molar-refractivity contribution in [2.75, 3.05) is 0 Å². The minimum Gasteiger partial charge on any atom is -0.388 e. The summed E-state index contributed by atoms with van der Waals surface area (Å²) in [6.45, 7) is 9.87. The van der Waals surface area contributed by atoms with E-state index in [-0.39, 0.29) is 16.9 Å². The lowest BCUT2D eigenvalue weighted by Gasteiger charge is -2.36. The van der Waals surface area contributed by atoms with E-state index in [1.54, 1.807) is 0 Å². The number of aliphatic hydroxyl groups is 2. The molecular weight excluding hydrogens is 379 g/mol. The molecule has 1 aliphatic rings. The van der Waals surface area contributed by atoms with Gasteiger partial charge < -0.3 is 10.2 Å². The average molecular weight is 407 g/mol. The van der Waals surface area contributed by atoms with Crippen LogP contribution >= 0.6 is 0 Å². The number of alkyl halides is 3. The first-order valence-electron chi connectivity index (χ1n) is 9.88. The van der Waals surface area contributed by atoms with Crippen LogP contribution in [0.3, 0.4) is 0 Å². The summed E-state index contributed by atoms with van der Waals surface area (Å²) in [4.78, 5) is 4.80. The highest BCUT2D eigenvalue weighted by Crippen LogP contribution is 2.45. The van der Waals surface area contributed by atoms with Crippen molar-refractivity contribution < 1.29 is 23.4 Å². The molecule has 0 aliphatic heterocycles. The molecule has 2 N–H and O–H groups in total. The lowest BCUT2D eigenvalue weighted by Crippen LogP contribution is -2.29. The third-order valence-corrected chi connectivity index (χ3v) is 5.73. The van der Waals surface area contributed by atoms with E-state index in [1.165, 1.54) is 12.1 Å². The van der Waals surface area contributed by atoms with Crippen molar-refractivity contribution in [3.63, 3.8) is 0 Å². The number of halogens is 3. The van der Waals surface area contributed by atoms with Crippen LogP contribution in [0.1, 0.15) is 91.4 Å². The zero-order valence-electron chi connectivity index (χ0n) is 17.4. The first-order chi connectivity index (χ1) is 13.3. The van der Waals surface area contributed by atoms with Gasteiger partial charge in [0.15, 0.2) is 0 Å². The third-order valence-electron chi connectivity index (χ3n) is 5.73. The number of benzene rings is 1. The number of rotatable bonds is 3. The van der Waals surface area contributed by atoms with Gasteiger partial charge in [0.1, 0.15) is 6.10 Å². The molecule has 1 unspecified atom stereocenters. The molecule has 29 heavy (non-hydrogen) atoms. The van der Waals surface area contributed by atoms with Gasteiger partial charge in [-0.1, -0.05) is 39.8 Å². The maximum absolute atomic E-state index is 13.1. The Kier molecular flexibility index (Phi) is 5.56. The van der Waals surface area contributed by atoms with Crippen molar-refractivity contribution in [2.24, 2.45) is 5.41 Å². The summed E-state index contributed by atoms with van der Waals surface area (Å²) in [5, 5.41) is 21.9. The maximum Gasteiger partial charge on any atom is 0.416 e. The van der Waals surface area contributed by atoms with Gasteiger partial charge in [-0.05, 0) is 54.4 Å². The van der Waals surface area contributed by atoms with Crippen molar-refractivity contribution >= 4 is 0 Å². The molecule has 0 saturated heterocycles. The van der Waals surface area contributed by atoms with Gasteiger partial charge in [-0.2, -0.15) is 13.2 Å². The summed E-state index contributed by atoms with van der Waals surface area (Å²) in [6, 6.07) is 4.76. The number of hydrogen-bond acceptors (Lipinski definition) is 3. The Morgan fingerprint density at radius 2 is 1.86 bits per heavy atom. The fourth-order valence-electron chi connectivity index (χ4n) is 4.38. The summed E-state index contributed by atoms with van der Waals surface area (Å²) in [5.74, 6) is -0.0309. The molecule has 2 atom stereocenters. The second-order valence-corrected chi connectivity index (χ2v) is 9.14. The van der Waals surface area contributed by atoms with Gasteiger partial charge in [0.05, 0.1) is 11.7 Å². The molecule has 0 spiro atoms. The van der Waals surface area contributed by atoms with Crippen LogP contribution in [0.15, 0.2) is 24.3 Å². The molecular formula is C23H28F3NO2. The SMILES string of the molecule is Cc1c2c(nc(C(C)C)c1[C@H](O)c1cccc(C(F)(F)F)c1)CC(C)(C)CC2O. The van der Waals surface area contributed by atoms with Crippen LogP contribution in [0.2, 0.25) is 0 Å². The highest BCUT2D eigenvalue weighted by Gasteiger charge is 2.36. The van der Waals surface area contributed by atoms with E-state index in [0.717, 1.165) is 17.8 Å². The van der Waals surface area contributed by atoms with Gasteiger partial charge in [0.25, 0.3) is 0 Å². The standard InChI is InChI=1S/C23H28F3NO2/c1-12(2)20-19(21(29)14-7-6-8-15(9-14)23(24,25)26)13(3)18-16(27-20)10-22(4,5)11-17(18)28/h6-9,12,17,21,28-29H,10-11H2,1-5H3/t17?,21-/m1/s1. The van der Waals surface area contributed by atoms with Crippen LogP contribution in [-0.2, 0) is 12.6 Å². The first-order valence-corrected chi connectivity index (χ1v) is 9.88. The van der Waals surface area contributed by atoms with Crippen LogP contribution in [0, 0.1) is 12.3 Å². The highest BCUT2D eigenvalue weighted by atomic mass is 19.4. The van der Waals surface area contributed by atoms with E-state index in [4.69, 9.17) is 4.98 Å². The normalized spacial score (nSPS) is 19.9. The molecule has 6 heteroatoms. The smallest absolute Gasteiger partial charge is 0.388 e. The second-order valence-electron chi connectivity index (χ2n) is 9.14. The number of aliphatic hydroxyl groups excluding tert-OH is 2. The minimum atomic E-state index is -4.48. The molecule has 2 aromatic rings. The zero-order chi connectivity index (χ0) is 21.7. The Balaban J connectivity index is 2.18. The second kappa shape index (κ2) is 7.40. The topological polar surface area (TPSA) is 53.4 Å². The highest BCUT2D eigenvalue weighted by molar-refractivity contribution is 5.48. The van der Waals surface area contributed by atoms with Crippen molar-refractivity contribution in [3.05, 3.63) is 63.5 Å². The van der Waals surface area contributed by atoms with Crippen molar-refractivity contribution in [1.29, 1.82) is 0 Å². The van der Waals surface area contributed by atoms with Gasteiger partial charge >= 0.3 is 6.18 Å². The Morgan fingerprint density at radius 3 is 2.45 bits per heavy atom. The fourth-order valence-corrected chi connectivity index (χ4v) is 4.38. The van der Waals surface area contributed by atoms with Gasteiger partial charge in [0, 0.05) is 22.5 Å². The number of nitrogens with zero attached hydrogens (tertiary/aromatic N) is 1. The molecule has 3 nitrogen and oxygen atoms in total. The number of hydrogen-bond donors (Lipinski definition) is 2. The summed E-state index contributed by atoms with van der Waals surface area (Å²) < 4.78 is 39.4. The van der Waals surface area contributed by atoms with Gasteiger partial charge in [-0.25, -0.2) is 0 Å². The van der Waals surface area contributed by atoms with Gasteiger partial charge in [0.2, 0.25) is 0 Å². The largest absolute Gasteiger partial charge is 0.416 e. The van der Waals surface area contributed by atoms with Crippen LogP contribution in [-0.4, -0.2) is 15.2 Å². The minimum absolute atomic E-state index is 0.0309. The molecule has 0 fully saturated rings. The number of fused-ring (bicyclic) bond motifs is 1. The van der Waals surface area contributed by atoms with Crippen LogP contribution in [0.5, 0.6) is 0 Å². The van der Waals surface area contributed by atoms with Crippen molar-refractivity contribution in [3.8, 4) is 0 Å². The van der Waals surface area contributed by atoms with E-state index < -0.39 is 23.9 Å². The average Bonchev–Trinajstić information content (AvgIpc) is 2.58. The van der Waals surface area contributed by atoms with Crippen LogP contribution < -0.4 is 0 Å². The molecule has 1 heterocycles. The molecule has 0 amide bonds. The maximum atomic E-state index is 13.1. The van der Waals surface area contributed by atoms with E-state index >= 15 is 0 Å². The molecule has 1 aromatic heterocycles. The van der Waals surface area contributed by atoms with Gasteiger partial charge in [-0.15, -0.1) is 0 Å². The molecule has 3 rings (SSSR count). The van der Waals surface area contributed by atoms with Gasteiger partial charge in [-0.3, -0.25) is 4.98 Å². The molecule has 0 bridgehead atoms. The van der Waals surface area contributed by atoms with Crippen molar-refractivity contribution in [1.82, 2.24) is 4.98 Å². The van der Waals surface area contributed by atoms with Crippen LogP contribution in [0.4, 0.5) is 13.2 Å². The van der Waals surface area contributed by atoms with E-state index in [2.05, 4.69) is 13.8 Å². The zero-order valence-corrected chi connectivity index (χ0v) is 17.4. The predicted octanol–water partition coefficient (Wildman–Crippen LogP) is 5.62. The molecule has 1 aliphatic carbocycles. The summed E-state index contributed by atoms with van der Waals surface area (Å²) in [5.41, 5.74) is 2.66. The first kappa shape index (κ1) is 21.8. The summed E-state index contributed by atoms with van der Waals surface area (Å²) >= 11 is 0. The van der Waals surface area contributed by atoms with Crippen LogP contribution in [0.25, 0.3) is 0 Å². The van der Waals surface area contributed by atoms with Crippen molar-refractivity contribution in [2.45, 2.75) is 71.8 Å². The van der Waals surface area contributed by atoms with E-state index in [9.17, 15) is 23.4 Å². The third kappa shape index (κ3) is 4.19. The number of aromatic nitrogens is 1. The lowest BCUT2D eigenvalue weighted by atomic mass is 9.72. The lowest BCUT2D eigenvalue weighted by molar-refractivity contribution is -0.137. The fraction of sp³-hybridized carbons (Fsp3) is 0.522.